The lowest BCUT2D eigenvalue weighted by molar-refractivity contribution is -0.145. The molecule has 0 radical (unpaired) electrons. The molecule has 150 valence electrons. The fraction of sp³-hybridized carbons (Fsp3) is 0.565. The van der Waals surface area contributed by atoms with Crippen LogP contribution in [-0.4, -0.2) is 23.1 Å². The fourth-order valence-corrected chi connectivity index (χ4v) is 4.96. The first-order valence-corrected chi connectivity index (χ1v) is 9.87. The van der Waals surface area contributed by atoms with Gasteiger partial charge in [0.2, 0.25) is 0 Å². The maximum Gasteiger partial charge on any atom is 0.144 e. The zero-order valence-corrected chi connectivity index (χ0v) is 17.1. The Kier molecular flexibility index (Phi) is 5.07. The molecule has 0 aromatic heterocycles. The van der Waals surface area contributed by atoms with Crippen LogP contribution >= 0.6 is 0 Å². The molecule has 0 bridgehead atoms. The van der Waals surface area contributed by atoms with Crippen LogP contribution in [0.4, 0.5) is 5.69 Å². The number of ketones is 4. The van der Waals surface area contributed by atoms with E-state index in [2.05, 4.69) is 0 Å². The summed E-state index contributed by atoms with van der Waals surface area (Å²) >= 11 is 0. The Morgan fingerprint density at radius 3 is 1.54 bits per heavy atom. The van der Waals surface area contributed by atoms with Gasteiger partial charge in [0.25, 0.3) is 0 Å². The molecule has 1 aromatic carbocycles. The van der Waals surface area contributed by atoms with Crippen molar-refractivity contribution >= 4 is 28.8 Å². The quantitative estimate of drug-likeness (QED) is 0.637. The van der Waals surface area contributed by atoms with Gasteiger partial charge in [-0.05, 0) is 28.5 Å². The molecule has 2 aliphatic carbocycles. The second-order valence-electron chi connectivity index (χ2n) is 10.1. The molecule has 1 aromatic rings. The number of nitrogen functional groups attached to an aromatic ring is 1. The van der Waals surface area contributed by atoms with Gasteiger partial charge in [0.05, 0.1) is 11.8 Å². The Hall–Kier alpha value is -2.30. The molecule has 0 saturated heterocycles. The highest BCUT2D eigenvalue weighted by atomic mass is 16.2. The van der Waals surface area contributed by atoms with Crippen molar-refractivity contribution in [2.75, 3.05) is 5.73 Å². The van der Waals surface area contributed by atoms with E-state index in [0.29, 0.717) is 11.3 Å². The third-order valence-corrected chi connectivity index (χ3v) is 6.01. The highest BCUT2D eigenvalue weighted by Gasteiger charge is 2.52. The van der Waals surface area contributed by atoms with E-state index in [-0.39, 0.29) is 48.8 Å². The number of Topliss-reactive ketones (excluding diaryl/α,β-unsaturated/α-hetero) is 4. The molecule has 2 aliphatic rings. The first-order chi connectivity index (χ1) is 12.9. The maximum atomic E-state index is 13.0. The molecule has 0 spiro atoms. The lowest BCUT2D eigenvalue weighted by Crippen LogP contribution is -2.48. The van der Waals surface area contributed by atoms with E-state index in [1.54, 1.807) is 24.3 Å². The normalized spacial score (nSPS) is 23.5. The van der Waals surface area contributed by atoms with Crippen molar-refractivity contribution < 1.29 is 19.2 Å². The van der Waals surface area contributed by atoms with Crippen molar-refractivity contribution in [3.8, 4) is 0 Å². The topological polar surface area (TPSA) is 94.3 Å². The molecule has 2 saturated carbocycles. The molecular weight excluding hydrogens is 354 g/mol. The summed E-state index contributed by atoms with van der Waals surface area (Å²) in [5.74, 6) is -3.42. The molecule has 0 heterocycles. The Bertz CT molecular complexity index is 764. The lowest BCUT2D eigenvalue weighted by Gasteiger charge is -2.41. The van der Waals surface area contributed by atoms with Crippen molar-refractivity contribution in [3.05, 3.63) is 29.8 Å². The molecule has 28 heavy (non-hydrogen) atoms. The fourth-order valence-electron chi connectivity index (χ4n) is 4.96. The molecule has 2 fully saturated rings. The smallest absolute Gasteiger partial charge is 0.144 e. The number of anilines is 1. The van der Waals surface area contributed by atoms with Crippen LogP contribution in [0.5, 0.6) is 0 Å². The van der Waals surface area contributed by atoms with Gasteiger partial charge in [0, 0.05) is 37.3 Å². The molecule has 0 amide bonds. The first kappa shape index (κ1) is 20.4. The zero-order valence-electron chi connectivity index (χ0n) is 17.1. The minimum atomic E-state index is -0.964. The summed E-state index contributed by atoms with van der Waals surface area (Å²) in [5, 5.41) is 0. The number of carbonyl (C=O) groups excluding carboxylic acids is 4. The van der Waals surface area contributed by atoms with Crippen molar-refractivity contribution in [1.82, 2.24) is 0 Å². The molecule has 5 heteroatoms. The van der Waals surface area contributed by atoms with Crippen LogP contribution in [-0.2, 0) is 19.2 Å². The van der Waals surface area contributed by atoms with E-state index in [1.807, 2.05) is 27.7 Å². The SMILES string of the molecule is CC1(C)CC(=O)C(C(c2cccc(N)c2)C2C(=O)CC(C)(C)CC2=O)C(=O)C1. The molecule has 3 rings (SSSR count). The molecular formula is C23H29NO4. The Labute approximate surface area is 166 Å². The van der Waals surface area contributed by atoms with Crippen molar-refractivity contribution in [3.63, 3.8) is 0 Å². The van der Waals surface area contributed by atoms with Gasteiger partial charge in [-0.1, -0.05) is 39.8 Å². The van der Waals surface area contributed by atoms with Crippen molar-refractivity contribution in [1.29, 1.82) is 0 Å². The van der Waals surface area contributed by atoms with E-state index >= 15 is 0 Å². The number of hydrogen-bond acceptors (Lipinski definition) is 5. The van der Waals surface area contributed by atoms with E-state index in [1.165, 1.54) is 0 Å². The zero-order chi connectivity index (χ0) is 20.9. The number of benzene rings is 1. The van der Waals surface area contributed by atoms with Crippen LogP contribution in [0.25, 0.3) is 0 Å². The monoisotopic (exact) mass is 383 g/mol. The van der Waals surface area contributed by atoms with E-state index in [9.17, 15) is 19.2 Å². The number of hydrogen-bond donors (Lipinski definition) is 1. The minimum Gasteiger partial charge on any atom is -0.399 e. The predicted molar refractivity (Wildman–Crippen MR) is 107 cm³/mol. The molecule has 5 nitrogen and oxygen atoms in total. The van der Waals surface area contributed by atoms with E-state index in [0.717, 1.165) is 0 Å². The predicted octanol–water partition coefficient (Wildman–Crippen LogP) is 3.50. The molecule has 2 N–H and O–H groups in total. The molecule has 0 atom stereocenters. The Morgan fingerprint density at radius 2 is 1.18 bits per heavy atom. The van der Waals surface area contributed by atoms with Crippen LogP contribution in [0.1, 0.15) is 64.9 Å². The van der Waals surface area contributed by atoms with Crippen LogP contribution in [0.15, 0.2) is 24.3 Å². The Balaban J connectivity index is 2.09. The van der Waals surface area contributed by atoms with Gasteiger partial charge in [-0.25, -0.2) is 0 Å². The summed E-state index contributed by atoms with van der Waals surface area (Å²) < 4.78 is 0. The van der Waals surface area contributed by atoms with Crippen molar-refractivity contribution in [2.24, 2.45) is 22.7 Å². The van der Waals surface area contributed by atoms with Gasteiger partial charge in [-0.3, -0.25) is 19.2 Å². The van der Waals surface area contributed by atoms with Crippen LogP contribution in [0.3, 0.4) is 0 Å². The Morgan fingerprint density at radius 1 is 0.786 bits per heavy atom. The second-order valence-corrected chi connectivity index (χ2v) is 10.1. The van der Waals surface area contributed by atoms with Crippen LogP contribution in [0, 0.1) is 22.7 Å². The molecule has 0 aliphatic heterocycles. The lowest BCUT2D eigenvalue weighted by atomic mass is 9.59. The van der Waals surface area contributed by atoms with E-state index in [4.69, 9.17) is 5.73 Å². The highest BCUT2D eigenvalue weighted by molar-refractivity contribution is 6.11. The minimum absolute atomic E-state index is 0.181. The van der Waals surface area contributed by atoms with Gasteiger partial charge < -0.3 is 5.73 Å². The first-order valence-electron chi connectivity index (χ1n) is 9.87. The van der Waals surface area contributed by atoms with Gasteiger partial charge >= 0.3 is 0 Å². The summed E-state index contributed by atoms with van der Waals surface area (Å²) in [4.78, 5) is 52.1. The van der Waals surface area contributed by atoms with Crippen molar-refractivity contribution in [2.45, 2.75) is 59.3 Å². The largest absolute Gasteiger partial charge is 0.399 e. The van der Waals surface area contributed by atoms with E-state index < -0.39 is 28.6 Å². The summed E-state index contributed by atoms with van der Waals surface area (Å²) in [6, 6.07) is 6.90. The van der Waals surface area contributed by atoms with Crippen LogP contribution in [0.2, 0.25) is 0 Å². The second kappa shape index (κ2) is 6.94. The molecule has 0 unspecified atom stereocenters. The average Bonchev–Trinajstić information content (AvgIpc) is 2.49. The van der Waals surface area contributed by atoms with Gasteiger partial charge in [0.1, 0.15) is 23.1 Å². The number of carbonyl (C=O) groups is 4. The van der Waals surface area contributed by atoms with Gasteiger partial charge in [0.15, 0.2) is 0 Å². The van der Waals surface area contributed by atoms with Crippen LogP contribution < -0.4 is 5.73 Å². The number of nitrogens with two attached hydrogens (primary N) is 1. The summed E-state index contributed by atoms with van der Waals surface area (Å²) in [7, 11) is 0. The van der Waals surface area contributed by atoms with Gasteiger partial charge in [-0.2, -0.15) is 0 Å². The summed E-state index contributed by atoms with van der Waals surface area (Å²) in [6.45, 7) is 7.59. The standard InChI is InChI=1S/C23H29NO4/c1-22(2)9-15(25)20(16(26)10-22)19(13-6-5-7-14(24)8-13)21-17(27)11-23(3,4)12-18(21)28/h5-8,19-21H,9-12,24H2,1-4H3. The van der Waals surface area contributed by atoms with Gasteiger partial charge in [-0.15, -0.1) is 0 Å². The maximum absolute atomic E-state index is 13.0. The third-order valence-electron chi connectivity index (χ3n) is 6.01. The number of rotatable bonds is 3. The average molecular weight is 383 g/mol. The third kappa shape index (κ3) is 3.94. The summed E-state index contributed by atoms with van der Waals surface area (Å²) in [5.41, 5.74) is 6.25. The summed E-state index contributed by atoms with van der Waals surface area (Å²) in [6.07, 6.45) is 1.07. The highest BCUT2D eigenvalue weighted by Crippen LogP contribution is 2.47.